The van der Waals surface area contributed by atoms with Crippen LogP contribution in [0.5, 0.6) is 0 Å². The highest BCUT2D eigenvalue weighted by molar-refractivity contribution is 5.88. The van der Waals surface area contributed by atoms with E-state index in [0.717, 1.165) is 24.2 Å². The van der Waals surface area contributed by atoms with Crippen molar-refractivity contribution in [2.45, 2.75) is 19.9 Å². The third kappa shape index (κ3) is 2.62. The summed E-state index contributed by atoms with van der Waals surface area (Å²) in [4.78, 5) is 13.8. The molecule has 0 aromatic heterocycles. The van der Waals surface area contributed by atoms with E-state index in [1.165, 1.54) is 5.56 Å². The number of carbonyl (C=O) groups excluding carboxylic acids is 1. The van der Waals surface area contributed by atoms with Gasteiger partial charge in [-0.05, 0) is 30.5 Å². The summed E-state index contributed by atoms with van der Waals surface area (Å²) in [6.45, 7) is 3.29. The lowest BCUT2D eigenvalue weighted by atomic mass is 9.98. The van der Waals surface area contributed by atoms with E-state index < -0.39 is 0 Å². The van der Waals surface area contributed by atoms with Crippen LogP contribution in [0.25, 0.3) is 0 Å². The SMILES string of the molecule is CC=CC=CC(=O)N1CCc2cccc(N)c2C1. The van der Waals surface area contributed by atoms with Crippen molar-refractivity contribution in [3.05, 3.63) is 53.6 Å². The Hall–Kier alpha value is -2.03. The van der Waals surface area contributed by atoms with E-state index in [-0.39, 0.29) is 5.91 Å². The molecule has 0 saturated heterocycles. The molecule has 3 nitrogen and oxygen atoms in total. The number of amides is 1. The first kappa shape index (κ1) is 12.4. The average Bonchev–Trinajstić information content (AvgIpc) is 2.39. The Labute approximate surface area is 108 Å². The Morgan fingerprint density at radius 2 is 2.22 bits per heavy atom. The third-order valence-electron chi connectivity index (χ3n) is 3.16. The smallest absolute Gasteiger partial charge is 0.246 e. The summed E-state index contributed by atoms with van der Waals surface area (Å²) in [5, 5.41) is 0. The number of hydrogen-bond donors (Lipinski definition) is 1. The summed E-state index contributed by atoms with van der Waals surface area (Å²) >= 11 is 0. The van der Waals surface area contributed by atoms with Gasteiger partial charge in [0.15, 0.2) is 0 Å². The highest BCUT2D eigenvalue weighted by atomic mass is 16.2. The van der Waals surface area contributed by atoms with Gasteiger partial charge < -0.3 is 10.6 Å². The zero-order valence-electron chi connectivity index (χ0n) is 10.6. The van der Waals surface area contributed by atoms with Crippen LogP contribution in [0, 0.1) is 0 Å². The monoisotopic (exact) mass is 242 g/mol. The summed E-state index contributed by atoms with van der Waals surface area (Å²) < 4.78 is 0. The number of rotatable bonds is 2. The molecule has 18 heavy (non-hydrogen) atoms. The van der Waals surface area contributed by atoms with E-state index in [4.69, 9.17) is 5.73 Å². The minimum absolute atomic E-state index is 0.0435. The molecule has 0 radical (unpaired) electrons. The fraction of sp³-hybridized carbons (Fsp3) is 0.267. The van der Waals surface area contributed by atoms with Gasteiger partial charge in [0, 0.05) is 24.9 Å². The average molecular weight is 242 g/mol. The molecule has 1 amide bonds. The Bertz CT molecular complexity index is 503. The van der Waals surface area contributed by atoms with Crippen molar-refractivity contribution in [3.8, 4) is 0 Å². The van der Waals surface area contributed by atoms with Gasteiger partial charge in [-0.1, -0.05) is 30.4 Å². The van der Waals surface area contributed by atoms with Crippen LogP contribution < -0.4 is 5.73 Å². The summed E-state index contributed by atoms with van der Waals surface area (Å²) in [7, 11) is 0. The Morgan fingerprint density at radius 3 is 3.00 bits per heavy atom. The molecule has 1 aromatic rings. The lowest BCUT2D eigenvalue weighted by Crippen LogP contribution is -2.35. The standard InChI is InChI=1S/C15H18N2O/c1-2-3-4-8-15(18)17-10-9-12-6-5-7-14(16)13(12)11-17/h2-8H,9-11,16H2,1H3. The second-order valence-electron chi connectivity index (χ2n) is 4.38. The molecule has 0 saturated carbocycles. The number of nitrogens with two attached hydrogens (primary N) is 1. The van der Waals surface area contributed by atoms with Gasteiger partial charge in [-0.3, -0.25) is 4.79 Å². The van der Waals surface area contributed by atoms with E-state index in [1.54, 1.807) is 12.2 Å². The number of nitrogens with zero attached hydrogens (tertiary/aromatic N) is 1. The molecule has 0 spiro atoms. The first-order valence-corrected chi connectivity index (χ1v) is 6.17. The molecule has 0 bridgehead atoms. The van der Waals surface area contributed by atoms with Crippen molar-refractivity contribution in [1.82, 2.24) is 4.90 Å². The van der Waals surface area contributed by atoms with Crippen molar-refractivity contribution >= 4 is 11.6 Å². The molecule has 2 N–H and O–H groups in total. The molecule has 3 heteroatoms. The highest BCUT2D eigenvalue weighted by Gasteiger charge is 2.20. The topological polar surface area (TPSA) is 46.3 Å². The molecule has 0 unspecified atom stereocenters. The van der Waals surface area contributed by atoms with Gasteiger partial charge in [0.2, 0.25) is 5.91 Å². The second-order valence-corrected chi connectivity index (χ2v) is 4.38. The number of nitrogen functional groups attached to an aromatic ring is 1. The number of hydrogen-bond acceptors (Lipinski definition) is 2. The van der Waals surface area contributed by atoms with Crippen molar-refractivity contribution < 1.29 is 4.79 Å². The van der Waals surface area contributed by atoms with Gasteiger partial charge in [-0.25, -0.2) is 0 Å². The van der Waals surface area contributed by atoms with E-state index in [2.05, 4.69) is 6.07 Å². The van der Waals surface area contributed by atoms with Crippen molar-refractivity contribution in [1.29, 1.82) is 0 Å². The fourth-order valence-electron chi connectivity index (χ4n) is 2.15. The maximum Gasteiger partial charge on any atom is 0.246 e. The molecule has 1 heterocycles. The van der Waals surface area contributed by atoms with Crippen LogP contribution in [-0.4, -0.2) is 17.4 Å². The Balaban J connectivity index is 2.12. The number of carbonyl (C=O) groups is 1. The molecule has 1 aromatic carbocycles. The summed E-state index contributed by atoms with van der Waals surface area (Å²) in [5.41, 5.74) is 9.09. The van der Waals surface area contributed by atoms with Crippen LogP contribution in [0.4, 0.5) is 5.69 Å². The molecule has 0 aliphatic carbocycles. The number of fused-ring (bicyclic) bond motifs is 1. The van der Waals surface area contributed by atoms with Gasteiger partial charge >= 0.3 is 0 Å². The van der Waals surface area contributed by atoms with Crippen LogP contribution in [0.3, 0.4) is 0 Å². The number of allylic oxidation sites excluding steroid dienone is 3. The molecule has 1 aliphatic heterocycles. The third-order valence-corrected chi connectivity index (χ3v) is 3.16. The Morgan fingerprint density at radius 1 is 1.39 bits per heavy atom. The highest BCUT2D eigenvalue weighted by Crippen LogP contribution is 2.24. The lowest BCUT2D eigenvalue weighted by molar-refractivity contribution is -0.126. The minimum atomic E-state index is 0.0435. The molecule has 0 fully saturated rings. The molecular formula is C15H18N2O. The lowest BCUT2D eigenvalue weighted by Gasteiger charge is -2.28. The summed E-state index contributed by atoms with van der Waals surface area (Å²) in [6, 6.07) is 5.95. The summed E-state index contributed by atoms with van der Waals surface area (Å²) in [5.74, 6) is 0.0435. The molecule has 2 rings (SSSR count). The first-order chi connectivity index (χ1) is 8.72. The summed E-state index contributed by atoms with van der Waals surface area (Å²) in [6.07, 6.45) is 8.00. The van der Waals surface area contributed by atoms with Crippen LogP contribution in [0.1, 0.15) is 18.1 Å². The van der Waals surface area contributed by atoms with Crippen LogP contribution in [0.15, 0.2) is 42.5 Å². The van der Waals surface area contributed by atoms with Crippen molar-refractivity contribution in [2.24, 2.45) is 0 Å². The zero-order valence-corrected chi connectivity index (χ0v) is 10.6. The largest absolute Gasteiger partial charge is 0.398 e. The van der Waals surface area contributed by atoms with E-state index in [1.807, 2.05) is 36.1 Å². The molecule has 1 aliphatic rings. The van der Waals surface area contributed by atoms with Gasteiger partial charge in [-0.2, -0.15) is 0 Å². The fourth-order valence-corrected chi connectivity index (χ4v) is 2.15. The number of benzene rings is 1. The molecular weight excluding hydrogens is 224 g/mol. The van der Waals surface area contributed by atoms with Gasteiger partial charge in [0.05, 0.1) is 0 Å². The number of anilines is 1. The quantitative estimate of drug-likeness (QED) is 0.491. The predicted octanol–water partition coefficient (Wildman–Crippen LogP) is 2.29. The van der Waals surface area contributed by atoms with Gasteiger partial charge in [-0.15, -0.1) is 0 Å². The first-order valence-electron chi connectivity index (χ1n) is 6.17. The normalized spacial score (nSPS) is 15.3. The van der Waals surface area contributed by atoms with Gasteiger partial charge in [0.1, 0.15) is 0 Å². The minimum Gasteiger partial charge on any atom is -0.398 e. The van der Waals surface area contributed by atoms with Crippen molar-refractivity contribution in [2.75, 3.05) is 12.3 Å². The maximum atomic E-state index is 12.0. The molecule has 94 valence electrons. The van der Waals surface area contributed by atoms with Crippen LogP contribution in [0.2, 0.25) is 0 Å². The maximum absolute atomic E-state index is 12.0. The predicted molar refractivity (Wildman–Crippen MR) is 73.9 cm³/mol. The van der Waals surface area contributed by atoms with Crippen LogP contribution >= 0.6 is 0 Å². The Kier molecular flexibility index (Phi) is 3.82. The van der Waals surface area contributed by atoms with Gasteiger partial charge in [0.25, 0.3) is 0 Å². The van der Waals surface area contributed by atoms with Crippen LogP contribution in [-0.2, 0) is 17.8 Å². The molecule has 0 atom stereocenters. The van der Waals surface area contributed by atoms with Crippen molar-refractivity contribution in [3.63, 3.8) is 0 Å². The van der Waals surface area contributed by atoms with E-state index in [9.17, 15) is 4.79 Å². The van der Waals surface area contributed by atoms with E-state index in [0.29, 0.717) is 6.54 Å². The van der Waals surface area contributed by atoms with E-state index >= 15 is 0 Å². The zero-order chi connectivity index (χ0) is 13.0. The second kappa shape index (κ2) is 5.54.